The van der Waals surface area contributed by atoms with Crippen LogP contribution in [0.25, 0.3) is 11.1 Å². The first kappa shape index (κ1) is 26.7. The molecule has 0 saturated carbocycles. The van der Waals surface area contributed by atoms with Crippen LogP contribution in [-0.2, 0) is 32.5 Å². The zero-order valence-electron chi connectivity index (χ0n) is 20.4. The van der Waals surface area contributed by atoms with Crippen molar-refractivity contribution < 1.29 is 27.5 Å². The van der Waals surface area contributed by atoms with E-state index in [0.29, 0.717) is 35.4 Å². The van der Waals surface area contributed by atoms with Gasteiger partial charge in [0.15, 0.2) is 0 Å². The quantitative estimate of drug-likeness (QED) is 0.370. The Morgan fingerprint density at radius 2 is 1.97 bits per heavy atom. The minimum absolute atomic E-state index is 0.0193. The molecule has 190 valence electrons. The summed E-state index contributed by atoms with van der Waals surface area (Å²) in [7, 11) is -2.62. The van der Waals surface area contributed by atoms with Crippen LogP contribution in [0.1, 0.15) is 44.1 Å². The number of urea groups is 1. The highest BCUT2D eigenvalue weighted by Gasteiger charge is 2.33. The summed E-state index contributed by atoms with van der Waals surface area (Å²) in [6.45, 7) is 6.28. The SMILES string of the molecule is CCCCOC(=O)NS(=O)(=O)c1sc(CC(C)C)cc1-c1cccc(CN2C(=O)CN(C)C2=O)c1. The van der Waals surface area contributed by atoms with Gasteiger partial charge >= 0.3 is 12.1 Å². The number of likely N-dealkylation sites (N-methyl/N-ethyl adjacent to an activating group) is 1. The van der Waals surface area contributed by atoms with Gasteiger partial charge in [0.25, 0.3) is 15.9 Å². The summed E-state index contributed by atoms with van der Waals surface area (Å²) < 4.78 is 33.3. The van der Waals surface area contributed by atoms with Gasteiger partial charge in [-0.1, -0.05) is 45.4 Å². The number of sulfonamides is 1. The molecule has 0 spiro atoms. The Labute approximate surface area is 210 Å². The van der Waals surface area contributed by atoms with Gasteiger partial charge in [0, 0.05) is 17.5 Å². The lowest BCUT2D eigenvalue weighted by molar-refractivity contribution is -0.125. The number of carbonyl (C=O) groups excluding carboxylic acids is 3. The summed E-state index contributed by atoms with van der Waals surface area (Å²) in [6, 6.07) is 8.51. The third-order valence-electron chi connectivity index (χ3n) is 5.36. The van der Waals surface area contributed by atoms with Crippen molar-refractivity contribution in [2.75, 3.05) is 20.2 Å². The van der Waals surface area contributed by atoms with Gasteiger partial charge in [-0.25, -0.2) is 22.7 Å². The molecular weight excluding hydrogens is 490 g/mol. The molecule has 2 aromatic rings. The second-order valence-electron chi connectivity index (χ2n) is 8.93. The number of hydrogen-bond donors (Lipinski definition) is 1. The monoisotopic (exact) mass is 521 g/mol. The maximum absolute atomic E-state index is 13.1. The molecule has 1 aliphatic heterocycles. The summed E-state index contributed by atoms with van der Waals surface area (Å²) in [5.74, 6) is 0.0197. The number of nitrogens with one attached hydrogen (secondary N) is 1. The Balaban J connectivity index is 1.93. The number of ether oxygens (including phenoxy) is 1. The van der Waals surface area contributed by atoms with Gasteiger partial charge in [-0.3, -0.25) is 9.69 Å². The second-order valence-corrected chi connectivity index (χ2v) is 11.9. The van der Waals surface area contributed by atoms with E-state index in [1.807, 2.05) is 31.6 Å². The fraction of sp³-hybridized carbons (Fsp3) is 0.458. The fourth-order valence-electron chi connectivity index (χ4n) is 3.67. The number of nitrogens with zero attached hydrogens (tertiary/aromatic N) is 2. The van der Waals surface area contributed by atoms with Crippen LogP contribution >= 0.6 is 11.3 Å². The fourth-order valence-corrected chi connectivity index (χ4v) is 6.51. The molecule has 0 aliphatic carbocycles. The normalized spacial score (nSPS) is 14.2. The number of thiophene rings is 1. The molecule has 3 rings (SSSR count). The Bertz CT molecular complexity index is 1210. The number of hydrogen-bond acceptors (Lipinski definition) is 7. The predicted molar refractivity (Wildman–Crippen MR) is 133 cm³/mol. The van der Waals surface area contributed by atoms with Crippen LogP contribution in [0.2, 0.25) is 0 Å². The maximum Gasteiger partial charge on any atom is 0.421 e. The zero-order valence-corrected chi connectivity index (χ0v) is 22.0. The van der Waals surface area contributed by atoms with Crippen molar-refractivity contribution in [2.45, 2.75) is 50.8 Å². The van der Waals surface area contributed by atoms with Crippen LogP contribution in [-0.4, -0.2) is 56.4 Å². The zero-order chi connectivity index (χ0) is 25.8. The number of benzene rings is 1. The van der Waals surface area contributed by atoms with Crippen molar-refractivity contribution in [1.29, 1.82) is 0 Å². The van der Waals surface area contributed by atoms with Crippen molar-refractivity contribution in [2.24, 2.45) is 5.92 Å². The molecule has 0 unspecified atom stereocenters. The summed E-state index contributed by atoms with van der Waals surface area (Å²) in [4.78, 5) is 39.9. The summed E-state index contributed by atoms with van der Waals surface area (Å²) >= 11 is 1.12. The van der Waals surface area contributed by atoms with E-state index in [9.17, 15) is 22.8 Å². The van der Waals surface area contributed by atoms with Crippen molar-refractivity contribution in [3.8, 4) is 11.1 Å². The molecule has 1 N–H and O–H groups in total. The number of rotatable bonds is 10. The molecule has 35 heavy (non-hydrogen) atoms. The molecule has 0 radical (unpaired) electrons. The van der Waals surface area contributed by atoms with Crippen LogP contribution in [0, 0.1) is 5.92 Å². The van der Waals surface area contributed by atoms with E-state index in [-0.39, 0.29) is 35.8 Å². The van der Waals surface area contributed by atoms with Gasteiger partial charge in [0.1, 0.15) is 10.8 Å². The number of unbranched alkanes of at least 4 members (excludes halogenated alkanes) is 1. The van der Waals surface area contributed by atoms with E-state index in [1.54, 1.807) is 31.3 Å². The lowest BCUT2D eigenvalue weighted by Gasteiger charge is -2.15. The Kier molecular flexibility index (Phi) is 8.55. The van der Waals surface area contributed by atoms with Gasteiger partial charge in [-0.15, -0.1) is 11.3 Å². The molecule has 0 atom stereocenters. The van der Waals surface area contributed by atoms with Gasteiger partial charge in [0.2, 0.25) is 0 Å². The Morgan fingerprint density at radius 1 is 1.23 bits per heavy atom. The largest absolute Gasteiger partial charge is 0.449 e. The van der Waals surface area contributed by atoms with E-state index < -0.39 is 16.1 Å². The van der Waals surface area contributed by atoms with Crippen LogP contribution in [0.4, 0.5) is 9.59 Å². The van der Waals surface area contributed by atoms with Gasteiger partial charge in [-0.05, 0) is 42.0 Å². The van der Waals surface area contributed by atoms with E-state index in [1.165, 1.54) is 9.80 Å². The third-order valence-corrected chi connectivity index (χ3v) is 8.36. The third kappa shape index (κ3) is 6.61. The van der Waals surface area contributed by atoms with E-state index in [4.69, 9.17) is 4.74 Å². The topological polar surface area (TPSA) is 113 Å². The number of carbonyl (C=O) groups is 3. The standard InChI is InChI=1S/C24H31N3O6S2/c1-5-6-10-33-23(29)25-35(31,32)22-20(13-19(34-22)11-16(2)3)18-9-7-8-17(12-18)14-27-21(28)15-26(4)24(27)30/h7-9,12-13,16H,5-6,10-11,14-15H2,1-4H3,(H,25,29). The second kappa shape index (κ2) is 11.2. The van der Waals surface area contributed by atoms with Gasteiger partial charge < -0.3 is 9.64 Å². The summed E-state index contributed by atoms with van der Waals surface area (Å²) in [6.07, 6.45) is 1.12. The van der Waals surface area contributed by atoms with E-state index >= 15 is 0 Å². The van der Waals surface area contributed by atoms with Crippen LogP contribution in [0.3, 0.4) is 0 Å². The molecule has 1 aliphatic rings. The lowest BCUT2D eigenvalue weighted by Crippen LogP contribution is -2.31. The van der Waals surface area contributed by atoms with Crippen molar-refractivity contribution in [3.05, 3.63) is 40.8 Å². The van der Waals surface area contributed by atoms with Crippen LogP contribution in [0.5, 0.6) is 0 Å². The summed E-state index contributed by atoms with van der Waals surface area (Å²) in [5, 5.41) is 0. The van der Waals surface area contributed by atoms with Crippen molar-refractivity contribution in [1.82, 2.24) is 14.5 Å². The molecule has 1 aromatic carbocycles. The minimum Gasteiger partial charge on any atom is -0.449 e. The van der Waals surface area contributed by atoms with E-state index in [2.05, 4.69) is 0 Å². The molecule has 0 bridgehead atoms. The molecule has 1 aromatic heterocycles. The molecule has 2 heterocycles. The van der Waals surface area contributed by atoms with Crippen molar-refractivity contribution in [3.63, 3.8) is 0 Å². The number of amides is 4. The Hall–Kier alpha value is -2.92. The molecule has 9 nitrogen and oxygen atoms in total. The molecule has 1 fully saturated rings. The maximum atomic E-state index is 13.1. The summed E-state index contributed by atoms with van der Waals surface area (Å²) in [5.41, 5.74) is 1.75. The smallest absolute Gasteiger partial charge is 0.421 e. The first-order valence-electron chi connectivity index (χ1n) is 11.5. The van der Waals surface area contributed by atoms with Gasteiger partial charge in [-0.2, -0.15) is 0 Å². The van der Waals surface area contributed by atoms with E-state index in [0.717, 1.165) is 22.6 Å². The van der Waals surface area contributed by atoms with Crippen molar-refractivity contribution >= 4 is 39.4 Å². The predicted octanol–water partition coefficient (Wildman–Crippen LogP) is 4.22. The highest BCUT2D eigenvalue weighted by Crippen LogP contribution is 2.37. The molecule has 1 saturated heterocycles. The first-order valence-corrected chi connectivity index (χ1v) is 13.8. The average Bonchev–Trinajstić information content (AvgIpc) is 3.30. The molecule has 11 heteroatoms. The average molecular weight is 522 g/mol. The number of imide groups is 1. The van der Waals surface area contributed by atoms with Gasteiger partial charge in [0.05, 0.1) is 13.2 Å². The highest BCUT2D eigenvalue weighted by molar-refractivity contribution is 7.92. The Morgan fingerprint density at radius 3 is 2.60 bits per heavy atom. The van der Waals surface area contributed by atoms with Crippen LogP contribution < -0.4 is 4.72 Å². The molecular formula is C24H31N3O6S2. The molecule has 4 amide bonds. The highest BCUT2D eigenvalue weighted by atomic mass is 32.2. The minimum atomic E-state index is -4.18. The van der Waals surface area contributed by atoms with Crippen LogP contribution in [0.15, 0.2) is 34.5 Å². The lowest BCUT2D eigenvalue weighted by atomic mass is 10.0. The first-order chi connectivity index (χ1) is 16.5.